The van der Waals surface area contributed by atoms with Gasteiger partial charge in [-0.1, -0.05) is 18.2 Å². The van der Waals surface area contributed by atoms with Crippen molar-refractivity contribution in [1.29, 1.82) is 0 Å². The number of thiophene rings is 1. The number of hydrogen-bond donors (Lipinski definition) is 1. The molecule has 0 radical (unpaired) electrons. The number of nitrogens with zero attached hydrogens (tertiary/aromatic N) is 2. The number of aromatic nitrogens is 2. The number of fused-ring (bicyclic) bond motifs is 1. The van der Waals surface area contributed by atoms with Crippen LogP contribution in [0.1, 0.15) is 0 Å². The Hall–Kier alpha value is -1.88. The summed E-state index contributed by atoms with van der Waals surface area (Å²) in [4.78, 5) is 4.01. The van der Waals surface area contributed by atoms with Gasteiger partial charge in [-0.15, -0.1) is 11.3 Å². The fourth-order valence-corrected chi connectivity index (χ4v) is 2.42. The third-order valence-corrected chi connectivity index (χ3v) is 3.12. The van der Waals surface area contributed by atoms with Crippen molar-refractivity contribution in [2.24, 2.45) is 0 Å². The maximum atomic E-state index is 5.42. The molecule has 4 nitrogen and oxygen atoms in total. The van der Waals surface area contributed by atoms with E-state index in [-0.39, 0.29) is 5.95 Å². The van der Waals surface area contributed by atoms with Crippen molar-refractivity contribution in [1.82, 2.24) is 10.1 Å². The van der Waals surface area contributed by atoms with Crippen LogP contribution >= 0.6 is 11.3 Å². The first-order valence-corrected chi connectivity index (χ1v) is 5.28. The van der Waals surface area contributed by atoms with E-state index in [0.29, 0.717) is 5.89 Å². The molecule has 0 aliphatic carbocycles. The summed E-state index contributed by atoms with van der Waals surface area (Å²) in [6.07, 6.45) is 0. The van der Waals surface area contributed by atoms with Crippen LogP contribution in [0.15, 0.2) is 34.2 Å². The van der Waals surface area contributed by atoms with Gasteiger partial charge in [0.15, 0.2) is 0 Å². The van der Waals surface area contributed by atoms with Gasteiger partial charge in [-0.05, 0) is 11.2 Å². The van der Waals surface area contributed by atoms with E-state index in [1.165, 1.54) is 4.70 Å². The molecule has 2 aromatic heterocycles. The van der Waals surface area contributed by atoms with Crippen LogP contribution in [-0.2, 0) is 0 Å². The maximum Gasteiger partial charge on any atom is 0.261 e. The lowest BCUT2D eigenvalue weighted by atomic mass is 10.2. The SMILES string of the molecule is Nc1noc(-c2csc3ccccc23)n1. The zero-order valence-corrected chi connectivity index (χ0v) is 8.49. The monoisotopic (exact) mass is 217 g/mol. The molecule has 5 heteroatoms. The van der Waals surface area contributed by atoms with Crippen molar-refractivity contribution >= 4 is 27.4 Å². The first-order chi connectivity index (χ1) is 7.34. The Labute approximate surface area is 89.3 Å². The van der Waals surface area contributed by atoms with Gasteiger partial charge in [0.2, 0.25) is 0 Å². The van der Waals surface area contributed by atoms with E-state index in [1.807, 2.05) is 23.6 Å². The fourth-order valence-electron chi connectivity index (χ4n) is 1.49. The normalized spacial score (nSPS) is 10.9. The fraction of sp³-hybridized carbons (Fsp3) is 0. The minimum Gasteiger partial charge on any atom is -0.365 e. The van der Waals surface area contributed by atoms with Crippen LogP contribution in [0.2, 0.25) is 0 Å². The van der Waals surface area contributed by atoms with E-state index in [0.717, 1.165) is 10.9 Å². The summed E-state index contributed by atoms with van der Waals surface area (Å²) in [5, 5.41) is 6.69. The quantitative estimate of drug-likeness (QED) is 0.680. The second-order valence-corrected chi connectivity index (χ2v) is 4.01. The Bertz CT molecular complexity index is 614. The van der Waals surface area contributed by atoms with Gasteiger partial charge < -0.3 is 10.3 Å². The predicted octanol–water partition coefficient (Wildman–Crippen LogP) is 2.53. The summed E-state index contributed by atoms with van der Waals surface area (Å²) < 4.78 is 6.24. The van der Waals surface area contributed by atoms with E-state index >= 15 is 0 Å². The number of benzene rings is 1. The van der Waals surface area contributed by atoms with Gasteiger partial charge in [0, 0.05) is 15.5 Å². The number of nitrogens with two attached hydrogens (primary N) is 1. The molecule has 74 valence electrons. The molecule has 0 unspecified atom stereocenters. The highest BCUT2D eigenvalue weighted by Crippen LogP contribution is 2.32. The molecule has 0 aliphatic rings. The average Bonchev–Trinajstić information content (AvgIpc) is 2.83. The molecule has 0 atom stereocenters. The summed E-state index contributed by atoms with van der Waals surface area (Å²) in [6.45, 7) is 0. The minimum atomic E-state index is 0.167. The molecular formula is C10H7N3OS. The van der Waals surface area contributed by atoms with Crippen LogP contribution in [0.4, 0.5) is 5.95 Å². The second kappa shape index (κ2) is 3.06. The lowest BCUT2D eigenvalue weighted by Crippen LogP contribution is -1.85. The van der Waals surface area contributed by atoms with Gasteiger partial charge in [-0.25, -0.2) is 0 Å². The highest BCUT2D eigenvalue weighted by molar-refractivity contribution is 7.17. The van der Waals surface area contributed by atoms with E-state index < -0.39 is 0 Å². The van der Waals surface area contributed by atoms with Gasteiger partial charge in [-0.3, -0.25) is 0 Å². The standard InChI is InChI=1S/C10H7N3OS/c11-10-12-9(14-13-10)7-5-15-8-4-2-1-3-6(7)8/h1-5H,(H2,11,13). The van der Waals surface area contributed by atoms with Gasteiger partial charge in [-0.2, -0.15) is 4.98 Å². The highest BCUT2D eigenvalue weighted by Gasteiger charge is 2.11. The molecule has 0 spiro atoms. The smallest absolute Gasteiger partial charge is 0.261 e. The molecule has 1 aromatic carbocycles. The summed E-state index contributed by atoms with van der Waals surface area (Å²) >= 11 is 1.65. The van der Waals surface area contributed by atoms with E-state index in [2.05, 4.69) is 16.2 Å². The van der Waals surface area contributed by atoms with Crippen LogP contribution in [-0.4, -0.2) is 10.1 Å². The average molecular weight is 217 g/mol. The Kier molecular flexibility index (Phi) is 1.72. The lowest BCUT2D eigenvalue weighted by Gasteiger charge is -1.90. The third-order valence-electron chi connectivity index (χ3n) is 2.15. The minimum absolute atomic E-state index is 0.167. The van der Waals surface area contributed by atoms with Crippen LogP contribution in [0.25, 0.3) is 21.5 Å². The number of anilines is 1. The number of hydrogen-bond acceptors (Lipinski definition) is 5. The number of nitrogen functional groups attached to an aromatic ring is 1. The van der Waals surface area contributed by atoms with E-state index in [4.69, 9.17) is 10.3 Å². The summed E-state index contributed by atoms with van der Waals surface area (Å²) in [6, 6.07) is 8.08. The van der Waals surface area contributed by atoms with Gasteiger partial charge >= 0.3 is 0 Å². The Morgan fingerprint density at radius 1 is 1.27 bits per heavy atom. The van der Waals surface area contributed by atoms with Crippen molar-refractivity contribution in [3.05, 3.63) is 29.6 Å². The van der Waals surface area contributed by atoms with Gasteiger partial charge in [0.25, 0.3) is 11.8 Å². The molecule has 0 aliphatic heterocycles. The maximum absolute atomic E-state index is 5.42. The molecule has 0 bridgehead atoms. The van der Waals surface area contributed by atoms with Crippen molar-refractivity contribution in [2.75, 3.05) is 5.73 Å². The van der Waals surface area contributed by atoms with Crippen LogP contribution in [0.5, 0.6) is 0 Å². The lowest BCUT2D eigenvalue weighted by molar-refractivity contribution is 0.433. The first kappa shape index (κ1) is 8.43. The summed E-state index contributed by atoms with van der Waals surface area (Å²) in [5.74, 6) is 0.644. The Morgan fingerprint density at radius 2 is 2.13 bits per heavy atom. The van der Waals surface area contributed by atoms with Crippen molar-refractivity contribution in [3.8, 4) is 11.5 Å². The first-order valence-electron chi connectivity index (χ1n) is 4.40. The molecule has 15 heavy (non-hydrogen) atoms. The molecule has 0 saturated carbocycles. The van der Waals surface area contributed by atoms with Gasteiger partial charge in [0.05, 0.1) is 5.56 Å². The Balaban J connectivity index is 2.27. The van der Waals surface area contributed by atoms with Gasteiger partial charge in [0.1, 0.15) is 0 Å². The second-order valence-electron chi connectivity index (χ2n) is 3.10. The highest BCUT2D eigenvalue weighted by atomic mass is 32.1. The molecule has 2 N–H and O–H groups in total. The Morgan fingerprint density at radius 3 is 2.93 bits per heavy atom. The summed E-state index contributed by atoms with van der Waals surface area (Å²) in [5.41, 5.74) is 6.36. The molecular weight excluding hydrogens is 210 g/mol. The molecule has 3 rings (SSSR count). The summed E-state index contributed by atoms with van der Waals surface area (Å²) in [7, 11) is 0. The molecule has 3 aromatic rings. The number of rotatable bonds is 1. The third kappa shape index (κ3) is 1.28. The van der Waals surface area contributed by atoms with Crippen molar-refractivity contribution < 1.29 is 4.52 Å². The topological polar surface area (TPSA) is 64.9 Å². The molecule has 0 amide bonds. The van der Waals surface area contributed by atoms with E-state index in [1.54, 1.807) is 11.3 Å². The molecule has 0 saturated heterocycles. The largest absolute Gasteiger partial charge is 0.365 e. The van der Waals surface area contributed by atoms with Crippen LogP contribution in [0, 0.1) is 0 Å². The van der Waals surface area contributed by atoms with Crippen LogP contribution in [0.3, 0.4) is 0 Å². The predicted molar refractivity (Wildman–Crippen MR) is 59.5 cm³/mol. The zero-order chi connectivity index (χ0) is 10.3. The molecule has 2 heterocycles. The van der Waals surface area contributed by atoms with E-state index in [9.17, 15) is 0 Å². The van der Waals surface area contributed by atoms with Crippen LogP contribution < -0.4 is 5.73 Å². The van der Waals surface area contributed by atoms with Crippen molar-refractivity contribution in [2.45, 2.75) is 0 Å². The zero-order valence-electron chi connectivity index (χ0n) is 7.68. The van der Waals surface area contributed by atoms with Crippen molar-refractivity contribution in [3.63, 3.8) is 0 Å². The molecule has 0 fully saturated rings.